The Morgan fingerprint density at radius 1 is 0.771 bits per heavy atom. The molecule has 1 nitrogen and oxygen atoms in total. The van der Waals surface area contributed by atoms with E-state index in [1.165, 1.54) is 6.42 Å². The summed E-state index contributed by atoms with van der Waals surface area (Å²) >= 11 is 0. The van der Waals surface area contributed by atoms with E-state index in [-0.39, 0.29) is 17.7 Å². The molecule has 0 aromatic heterocycles. The molecular formula is C31H35F3O. The number of benzene rings is 3. The van der Waals surface area contributed by atoms with Crippen LogP contribution in [0.3, 0.4) is 0 Å². The molecule has 0 saturated heterocycles. The Bertz CT molecular complexity index is 1110. The van der Waals surface area contributed by atoms with Gasteiger partial charge in [-0.3, -0.25) is 0 Å². The van der Waals surface area contributed by atoms with Gasteiger partial charge in [-0.1, -0.05) is 74.2 Å². The van der Waals surface area contributed by atoms with E-state index in [0.29, 0.717) is 29.0 Å². The normalized spacial score (nSPS) is 18.0. The monoisotopic (exact) mass is 480 g/mol. The number of hydrogen-bond acceptors (Lipinski definition) is 1. The highest BCUT2D eigenvalue weighted by atomic mass is 19.2. The molecule has 3 aromatic rings. The fraction of sp³-hybridized carbons (Fsp3) is 0.419. The lowest BCUT2D eigenvalue weighted by atomic mass is 9.76. The third-order valence-corrected chi connectivity index (χ3v) is 7.32. The number of aryl methyl sites for hydroxylation is 1. The van der Waals surface area contributed by atoms with Crippen molar-refractivity contribution >= 4 is 0 Å². The van der Waals surface area contributed by atoms with Gasteiger partial charge in [0.25, 0.3) is 0 Å². The average Bonchev–Trinajstić information content (AvgIpc) is 2.87. The minimum absolute atomic E-state index is 0.0246. The van der Waals surface area contributed by atoms with Gasteiger partial charge in [0.2, 0.25) is 0 Å². The van der Waals surface area contributed by atoms with E-state index in [4.69, 9.17) is 4.74 Å². The second-order valence-corrected chi connectivity index (χ2v) is 9.84. The zero-order valence-electron chi connectivity index (χ0n) is 20.8. The fourth-order valence-corrected chi connectivity index (χ4v) is 5.17. The van der Waals surface area contributed by atoms with Crippen molar-refractivity contribution in [2.24, 2.45) is 0 Å². The van der Waals surface area contributed by atoms with Crippen LogP contribution in [0.25, 0.3) is 11.1 Å². The maximum absolute atomic E-state index is 15.1. The zero-order chi connectivity index (χ0) is 24.8. The van der Waals surface area contributed by atoms with Crippen LogP contribution < -0.4 is 4.74 Å². The van der Waals surface area contributed by atoms with Crippen LogP contribution >= 0.6 is 0 Å². The Balaban J connectivity index is 1.37. The van der Waals surface area contributed by atoms with Crippen LogP contribution in [0, 0.1) is 24.4 Å². The first-order valence-corrected chi connectivity index (χ1v) is 12.9. The van der Waals surface area contributed by atoms with Gasteiger partial charge in [-0.05, 0) is 79.7 Å². The molecule has 1 saturated carbocycles. The summed E-state index contributed by atoms with van der Waals surface area (Å²) in [6, 6.07) is 16.1. The van der Waals surface area contributed by atoms with E-state index in [0.717, 1.165) is 56.1 Å². The summed E-state index contributed by atoms with van der Waals surface area (Å²) in [7, 11) is 0. The first kappa shape index (κ1) is 25.3. The van der Waals surface area contributed by atoms with Crippen molar-refractivity contribution in [3.8, 4) is 16.9 Å². The first-order valence-electron chi connectivity index (χ1n) is 12.9. The van der Waals surface area contributed by atoms with Crippen LogP contribution in [0.1, 0.15) is 86.8 Å². The second-order valence-electron chi connectivity index (χ2n) is 9.84. The van der Waals surface area contributed by atoms with E-state index in [1.54, 1.807) is 24.3 Å². The molecule has 4 heteroatoms. The third kappa shape index (κ3) is 6.09. The van der Waals surface area contributed by atoms with E-state index in [2.05, 4.69) is 6.92 Å². The summed E-state index contributed by atoms with van der Waals surface area (Å²) in [5.74, 6) is -1.33. The van der Waals surface area contributed by atoms with Crippen LogP contribution in [0.2, 0.25) is 0 Å². The second kappa shape index (κ2) is 11.8. The summed E-state index contributed by atoms with van der Waals surface area (Å²) in [5, 5.41) is 0. The minimum atomic E-state index is -0.777. The maximum Gasteiger partial charge on any atom is 0.166 e. The predicted molar refractivity (Wildman–Crippen MR) is 137 cm³/mol. The van der Waals surface area contributed by atoms with Crippen molar-refractivity contribution in [3.05, 3.63) is 88.7 Å². The van der Waals surface area contributed by atoms with E-state index in [1.807, 2.05) is 37.3 Å². The van der Waals surface area contributed by atoms with Gasteiger partial charge in [-0.25, -0.2) is 13.2 Å². The quantitative estimate of drug-likeness (QED) is 0.277. The number of ether oxygens (including phenoxy) is 1. The molecule has 35 heavy (non-hydrogen) atoms. The minimum Gasteiger partial charge on any atom is -0.491 e. The smallest absolute Gasteiger partial charge is 0.166 e. The molecule has 0 amide bonds. The number of hydrogen-bond donors (Lipinski definition) is 0. The zero-order valence-corrected chi connectivity index (χ0v) is 20.8. The van der Waals surface area contributed by atoms with Crippen molar-refractivity contribution in [3.63, 3.8) is 0 Å². The lowest BCUT2D eigenvalue weighted by Crippen LogP contribution is -2.14. The van der Waals surface area contributed by atoms with Gasteiger partial charge in [0.1, 0.15) is 0 Å². The van der Waals surface area contributed by atoms with Gasteiger partial charge in [0.05, 0.1) is 6.61 Å². The Kier molecular flexibility index (Phi) is 8.54. The van der Waals surface area contributed by atoms with Gasteiger partial charge < -0.3 is 4.74 Å². The van der Waals surface area contributed by atoms with Crippen molar-refractivity contribution in [1.29, 1.82) is 0 Å². The predicted octanol–water partition coefficient (Wildman–Crippen LogP) is 9.48. The van der Waals surface area contributed by atoms with Gasteiger partial charge in [-0.15, -0.1) is 0 Å². The molecule has 0 N–H and O–H groups in total. The molecule has 0 radical (unpaired) electrons. The van der Waals surface area contributed by atoms with Crippen LogP contribution in [-0.2, 0) is 0 Å². The fourth-order valence-electron chi connectivity index (χ4n) is 5.17. The van der Waals surface area contributed by atoms with Crippen LogP contribution in [0.5, 0.6) is 5.75 Å². The number of unbranched alkanes of at least 4 members (excludes halogenated alkanes) is 3. The molecule has 0 heterocycles. The molecule has 1 fully saturated rings. The van der Waals surface area contributed by atoms with E-state index >= 15 is 4.39 Å². The summed E-state index contributed by atoms with van der Waals surface area (Å²) in [6.45, 7) is 4.65. The Morgan fingerprint density at radius 3 is 2.17 bits per heavy atom. The van der Waals surface area contributed by atoms with Crippen molar-refractivity contribution in [1.82, 2.24) is 0 Å². The molecular weight excluding hydrogens is 445 g/mol. The van der Waals surface area contributed by atoms with Crippen LogP contribution in [0.15, 0.2) is 54.6 Å². The summed E-state index contributed by atoms with van der Waals surface area (Å²) in [6.07, 6.45) is 7.50. The van der Waals surface area contributed by atoms with Crippen LogP contribution in [0.4, 0.5) is 13.2 Å². The molecule has 4 rings (SSSR count). The average molecular weight is 481 g/mol. The highest BCUT2D eigenvalue weighted by Gasteiger charge is 2.27. The SMILES string of the molecule is CCCCCCOc1ccc(C2CCC(c3ccc(-c4ccc(C)cc4)c(F)c3F)CC2)cc1F. The van der Waals surface area contributed by atoms with Gasteiger partial charge >= 0.3 is 0 Å². The third-order valence-electron chi connectivity index (χ3n) is 7.32. The summed E-state index contributed by atoms with van der Waals surface area (Å²) in [5.41, 5.74) is 3.46. The lowest BCUT2D eigenvalue weighted by Gasteiger charge is -2.29. The molecule has 0 bridgehead atoms. The molecule has 1 aliphatic carbocycles. The lowest BCUT2D eigenvalue weighted by molar-refractivity contribution is 0.290. The molecule has 1 aliphatic rings. The topological polar surface area (TPSA) is 9.23 Å². The Morgan fingerprint density at radius 2 is 1.49 bits per heavy atom. The molecule has 0 atom stereocenters. The molecule has 3 aromatic carbocycles. The van der Waals surface area contributed by atoms with E-state index < -0.39 is 11.6 Å². The molecule has 0 spiro atoms. The van der Waals surface area contributed by atoms with Crippen molar-refractivity contribution < 1.29 is 17.9 Å². The van der Waals surface area contributed by atoms with Gasteiger partial charge in [0, 0.05) is 5.56 Å². The maximum atomic E-state index is 15.1. The van der Waals surface area contributed by atoms with E-state index in [9.17, 15) is 8.78 Å². The largest absolute Gasteiger partial charge is 0.491 e. The summed E-state index contributed by atoms with van der Waals surface area (Å²) < 4.78 is 50.2. The first-order chi connectivity index (χ1) is 17.0. The Hall–Kier alpha value is -2.75. The Labute approximate surface area is 207 Å². The standard InChI is InChI=1S/C31H35F3O/c1-3-4-5-6-19-35-29-18-15-25(20-28(29)32)22-11-13-24(14-12-22)27-17-16-26(30(33)31(27)34)23-9-7-21(2)8-10-23/h7-10,15-18,20,22,24H,3-6,11-14,19H2,1-2H3. The van der Waals surface area contributed by atoms with Gasteiger partial charge in [0.15, 0.2) is 23.2 Å². The van der Waals surface area contributed by atoms with Gasteiger partial charge in [-0.2, -0.15) is 0 Å². The van der Waals surface area contributed by atoms with Crippen LogP contribution in [-0.4, -0.2) is 6.61 Å². The van der Waals surface area contributed by atoms with Crippen molar-refractivity contribution in [2.45, 2.75) is 77.0 Å². The number of halogens is 3. The highest BCUT2D eigenvalue weighted by Crippen LogP contribution is 2.43. The number of rotatable bonds is 9. The van der Waals surface area contributed by atoms with Crippen molar-refractivity contribution in [2.75, 3.05) is 6.61 Å². The highest BCUT2D eigenvalue weighted by molar-refractivity contribution is 5.65. The molecule has 0 unspecified atom stereocenters. The molecule has 0 aliphatic heterocycles. The summed E-state index contributed by atoms with van der Waals surface area (Å²) in [4.78, 5) is 0. The molecule has 186 valence electrons.